The number of pyridine rings is 1. The second-order valence-electron chi connectivity index (χ2n) is 7.33. The molecule has 0 fully saturated rings. The first-order valence-corrected chi connectivity index (χ1v) is 9.83. The van der Waals surface area contributed by atoms with Crippen LogP contribution in [0.5, 0.6) is 0 Å². The molecule has 29 heavy (non-hydrogen) atoms. The molecule has 0 aliphatic heterocycles. The highest BCUT2D eigenvalue weighted by Crippen LogP contribution is 2.32. The minimum atomic E-state index is 1.01. The molecule has 0 aliphatic rings. The molecule has 136 valence electrons. The smallest absolute Gasteiger partial charge is 0.146 e. The van der Waals surface area contributed by atoms with Gasteiger partial charge in [0.25, 0.3) is 0 Å². The summed E-state index contributed by atoms with van der Waals surface area (Å²) < 4.78 is 2.29. The van der Waals surface area contributed by atoms with E-state index in [4.69, 9.17) is 4.98 Å². The number of hydrogen-bond donors (Lipinski definition) is 0. The van der Waals surface area contributed by atoms with Crippen LogP contribution in [0.15, 0.2) is 97.1 Å². The van der Waals surface area contributed by atoms with Gasteiger partial charge in [0.05, 0.1) is 16.6 Å². The Morgan fingerprint density at radius 3 is 2.10 bits per heavy atom. The van der Waals surface area contributed by atoms with Crippen LogP contribution in [0.1, 0.15) is 11.1 Å². The molecule has 6 rings (SSSR count). The third-order valence-corrected chi connectivity index (χ3v) is 5.55. The lowest BCUT2D eigenvalue weighted by Crippen LogP contribution is -1.90. The summed E-state index contributed by atoms with van der Waals surface area (Å²) in [5.74, 6) is 0. The van der Waals surface area contributed by atoms with Crippen LogP contribution in [-0.4, -0.2) is 9.38 Å². The van der Waals surface area contributed by atoms with E-state index in [1.54, 1.807) is 0 Å². The summed E-state index contributed by atoms with van der Waals surface area (Å²) in [4.78, 5) is 5.04. The van der Waals surface area contributed by atoms with Crippen LogP contribution in [-0.2, 0) is 0 Å². The van der Waals surface area contributed by atoms with E-state index >= 15 is 0 Å². The lowest BCUT2D eigenvalue weighted by atomic mass is 10.1. The molecule has 2 heteroatoms. The number of hydrogen-bond acceptors (Lipinski definition) is 1. The molecule has 0 atom stereocenters. The second-order valence-corrected chi connectivity index (χ2v) is 7.33. The predicted molar refractivity (Wildman–Crippen MR) is 123 cm³/mol. The first kappa shape index (κ1) is 16.1. The van der Waals surface area contributed by atoms with Crippen LogP contribution in [0.25, 0.3) is 50.5 Å². The topological polar surface area (TPSA) is 17.3 Å². The van der Waals surface area contributed by atoms with Crippen LogP contribution in [0, 0.1) is 0 Å². The Bertz CT molecular complexity index is 1540. The van der Waals surface area contributed by atoms with Crippen molar-refractivity contribution in [1.29, 1.82) is 0 Å². The largest absolute Gasteiger partial charge is 0.292 e. The maximum absolute atomic E-state index is 5.04. The van der Waals surface area contributed by atoms with Crippen LogP contribution in [0.4, 0.5) is 0 Å². The Morgan fingerprint density at radius 2 is 1.24 bits per heavy atom. The number of para-hydroxylation sites is 1. The Kier molecular flexibility index (Phi) is 3.50. The Hall–Kier alpha value is -3.91. The average molecular weight is 370 g/mol. The van der Waals surface area contributed by atoms with Crippen molar-refractivity contribution in [2.45, 2.75) is 0 Å². The van der Waals surface area contributed by atoms with Gasteiger partial charge in [0.15, 0.2) is 0 Å². The molecule has 0 amide bonds. The summed E-state index contributed by atoms with van der Waals surface area (Å²) in [6.45, 7) is 0. The van der Waals surface area contributed by atoms with E-state index in [1.165, 1.54) is 27.2 Å². The van der Waals surface area contributed by atoms with Crippen molar-refractivity contribution in [1.82, 2.24) is 9.38 Å². The fraction of sp³-hybridized carbons (Fsp3) is 0. The van der Waals surface area contributed by atoms with Gasteiger partial charge in [0.2, 0.25) is 0 Å². The highest BCUT2D eigenvalue weighted by Gasteiger charge is 2.13. The van der Waals surface area contributed by atoms with E-state index in [0.717, 1.165) is 22.2 Å². The highest BCUT2D eigenvalue weighted by atomic mass is 15.0. The van der Waals surface area contributed by atoms with Crippen LogP contribution < -0.4 is 0 Å². The van der Waals surface area contributed by atoms with Gasteiger partial charge < -0.3 is 0 Å². The van der Waals surface area contributed by atoms with Gasteiger partial charge >= 0.3 is 0 Å². The molecular weight excluding hydrogens is 352 g/mol. The third-order valence-electron chi connectivity index (χ3n) is 5.55. The van der Waals surface area contributed by atoms with Gasteiger partial charge in [-0.15, -0.1) is 0 Å². The summed E-state index contributed by atoms with van der Waals surface area (Å²) in [7, 11) is 0. The second kappa shape index (κ2) is 6.32. The molecule has 0 radical (unpaired) electrons. The molecule has 0 saturated carbocycles. The number of benzene rings is 4. The number of aromatic nitrogens is 2. The van der Waals surface area contributed by atoms with Crippen LogP contribution in [0.2, 0.25) is 0 Å². The van der Waals surface area contributed by atoms with Crippen molar-refractivity contribution in [3.63, 3.8) is 0 Å². The van der Waals surface area contributed by atoms with Crippen molar-refractivity contribution >= 4 is 50.5 Å². The molecule has 0 spiro atoms. The van der Waals surface area contributed by atoms with Crippen molar-refractivity contribution in [2.75, 3.05) is 0 Å². The van der Waals surface area contributed by atoms with Gasteiger partial charge in [0, 0.05) is 10.8 Å². The Morgan fingerprint density at radius 1 is 0.552 bits per heavy atom. The van der Waals surface area contributed by atoms with E-state index in [9.17, 15) is 0 Å². The fourth-order valence-corrected chi connectivity index (χ4v) is 4.19. The summed E-state index contributed by atoms with van der Waals surface area (Å²) in [6.07, 6.45) is 4.29. The minimum absolute atomic E-state index is 1.01. The fourth-order valence-electron chi connectivity index (χ4n) is 4.19. The molecule has 4 aromatic carbocycles. The maximum Gasteiger partial charge on any atom is 0.146 e. The van der Waals surface area contributed by atoms with Crippen LogP contribution >= 0.6 is 0 Å². The highest BCUT2D eigenvalue weighted by molar-refractivity contribution is 6.13. The van der Waals surface area contributed by atoms with Gasteiger partial charge in [-0.25, -0.2) is 4.98 Å². The zero-order chi connectivity index (χ0) is 19.2. The molecule has 0 bridgehead atoms. The van der Waals surface area contributed by atoms with E-state index < -0.39 is 0 Å². The standard InChI is InChI=1S/C27H18N2/c1-2-8-19(9-3-1)14-15-20-16-17-26-24(18-20)28-27-23-12-5-4-10-21(23)22-11-6-7-13-25(22)29(26)27/h1-18H. The maximum atomic E-state index is 5.04. The summed E-state index contributed by atoms with van der Waals surface area (Å²) in [5.41, 5.74) is 6.70. The van der Waals surface area contributed by atoms with Gasteiger partial charge in [-0.3, -0.25) is 4.40 Å². The Labute approximate surface area is 168 Å². The molecule has 0 aliphatic carbocycles. The molecule has 6 aromatic rings. The molecule has 0 saturated heterocycles. The molecule has 2 nitrogen and oxygen atoms in total. The van der Waals surface area contributed by atoms with Crippen molar-refractivity contribution in [3.8, 4) is 0 Å². The molecular formula is C27H18N2. The van der Waals surface area contributed by atoms with E-state index in [0.29, 0.717) is 0 Å². The lowest BCUT2D eigenvalue weighted by molar-refractivity contribution is 1.31. The van der Waals surface area contributed by atoms with Crippen LogP contribution in [0.3, 0.4) is 0 Å². The third kappa shape index (κ3) is 2.54. The van der Waals surface area contributed by atoms with Crippen molar-refractivity contribution < 1.29 is 0 Å². The van der Waals surface area contributed by atoms with E-state index in [1.807, 2.05) is 6.07 Å². The Balaban J connectivity index is 1.63. The number of imidazole rings is 1. The quantitative estimate of drug-likeness (QED) is 0.238. The summed E-state index contributed by atoms with van der Waals surface area (Å²) in [6, 6.07) is 34.0. The normalized spacial score (nSPS) is 12.0. The van der Waals surface area contributed by atoms with Gasteiger partial charge in [-0.2, -0.15) is 0 Å². The first-order valence-electron chi connectivity index (χ1n) is 9.83. The first-order chi connectivity index (χ1) is 14.4. The summed E-state index contributed by atoms with van der Waals surface area (Å²) in [5, 5.41) is 3.68. The molecule has 2 aromatic heterocycles. The van der Waals surface area contributed by atoms with Crippen molar-refractivity contribution in [2.24, 2.45) is 0 Å². The lowest BCUT2D eigenvalue weighted by Gasteiger charge is -2.08. The predicted octanol–water partition coefficient (Wildman–Crippen LogP) is 6.96. The monoisotopic (exact) mass is 370 g/mol. The number of rotatable bonds is 2. The minimum Gasteiger partial charge on any atom is -0.292 e. The van der Waals surface area contributed by atoms with Gasteiger partial charge in [-0.05, 0) is 34.7 Å². The van der Waals surface area contributed by atoms with Gasteiger partial charge in [-0.1, -0.05) is 91.0 Å². The zero-order valence-corrected chi connectivity index (χ0v) is 15.8. The van der Waals surface area contributed by atoms with Crippen molar-refractivity contribution in [3.05, 3.63) is 108 Å². The number of fused-ring (bicyclic) bond motifs is 8. The average Bonchev–Trinajstić information content (AvgIpc) is 3.18. The zero-order valence-electron chi connectivity index (χ0n) is 15.8. The number of nitrogens with zero attached hydrogens (tertiary/aromatic N) is 2. The molecule has 0 N–H and O–H groups in total. The molecule has 2 heterocycles. The summed E-state index contributed by atoms with van der Waals surface area (Å²) >= 11 is 0. The van der Waals surface area contributed by atoms with E-state index in [-0.39, 0.29) is 0 Å². The SMILES string of the molecule is C(=Cc1ccc2c(c1)nc1c3ccccc3c3ccccc3n21)c1ccccc1. The van der Waals surface area contributed by atoms with E-state index in [2.05, 4.69) is 108 Å². The molecule has 0 unspecified atom stereocenters. The van der Waals surface area contributed by atoms with Gasteiger partial charge in [0.1, 0.15) is 5.65 Å².